The van der Waals surface area contributed by atoms with Crippen molar-refractivity contribution in [3.8, 4) is 34.1 Å². The maximum Gasteiger partial charge on any atom is 0.407 e. The fourth-order valence-corrected chi connectivity index (χ4v) is 4.33. The molecule has 1 N–H and O–H groups in total. The van der Waals surface area contributed by atoms with E-state index in [9.17, 15) is 4.79 Å². The van der Waals surface area contributed by atoms with Crippen molar-refractivity contribution in [2.75, 3.05) is 0 Å². The number of hydrogen-bond donors (Lipinski definition) is 1. The third-order valence-corrected chi connectivity index (χ3v) is 6.44. The SMILES string of the molecule is CC(C)(C)OC(=O)NCc1ccc(-c2ccnc(-c3ccc(OCc4ccccc4)nc3OCc3ccccc3)c2)cc1. The zero-order chi connectivity index (χ0) is 30.1. The molecule has 0 unspecified atom stereocenters. The van der Waals surface area contributed by atoms with Gasteiger partial charge in [0, 0.05) is 18.8 Å². The van der Waals surface area contributed by atoms with E-state index in [0.717, 1.165) is 39.1 Å². The Morgan fingerprint density at radius 2 is 1.37 bits per heavy atom. The van der Waals surface area contributed by atoms with Crippen molar-refractivity contribution >= 4 is 6.09 Å². The van der Waals surface area contributed by atoms with E-state index < -0.39 is 11.7 Å². The molecule has 218 valence electrons. The van der Waals surface area contributed by atoms with Gasteiger partial charge in [-0.25, -0.2) is 4.79 Å². The van der Waals surface area contributed by atoms with Gasteiger partial charge in [0.15, 0.2) is 0 Å². The maximum atomic E-state index is 12.0. The molecule has 7 nitrogen and oxygen atoms in total. The van der Waals surface area contributed by atoms with E-state index in [1.165, 1.54) is 0 Å². The molecule has 0 aliphatic rings. The van der Waals surface area contributed by atoms with Crippen LogP contribution in [-0.2, 0) is 24.5 Å². The maximum absolute atomic E-state index is 12.0. The minimum absolute atomic E-state index is 0.363. The third kappa shape index (κ3) is 8.66. The summed E-state index contributed by atoms with van der Waals surface area (Å²) < 4.78 is 17.5. The standard InChI is InChI=1S/C36H35N3O4/c1-36(2,3)43-35(40)38-23-26-14-16-29(17-15-26)30-20-21-37-32(22-30)31-18-19-33(41-24-27-10-6-4-7-11-27)39-34(31)42-25-28-12-8-5-9-13-28/h4-22H,23-25H2,1-3H3,(H,38,40). The fourth-order valence-electron chi connectivity index (χ4n) is 4.33. The minimum Gasteiger partial charge on any atom is -0.473 e. The van der Waals surface area contributed by atoms with Crippen LogP contribution in [-0.4, -0.2) is 21.7 Å². The Balaban J connectivity index is 1.34. The molecule has 0 saturated carbocycles. The summed E-state index contributed by atoms with van der Waals surface area (Å²) in [6.45, 7) is 6.67. The van der Waals surface area contributed by atoms with E-state index in [4.69, 9.17) is 19.2 Å². The molecule has 0 fully saturated rings. The molecule has 5 aromatic rings. The van der Waals surface area contributed by atoms with Gasteiger partial charge in [-0.1, -0.05) is 84.9 Å². The van der Waals surface area contributed by atoms with E-state index >= 15 is 0 Å². The summed E-state index contributed by atoms with van der Waals surface area (Å²) >= 11 is 0. The molecular formula is C36H35N3O4. The molecule has 7 heteroatoms. The number of amides is 1. The van der Waals surface area contributed by atoms with Crippen LogP contribution >= 0.6 is 0 Å². The van der Waals surface area contributed by atoms with E-state index in [-0.39, 0.29) is 0 Å². The van der Waals surface area contributed by atoms with Crippen LogP contribution in [0.1, 0.15) is 37.5 Å². The van der Waals surface area contributed by atoms with Gasteiger partial charge in [-0.3, -0.25) is 4.98 Å². The molecule has 0 radical (unpaired) electrons. The predicted octanol–water partition coefficient (Wildman–Crippen LogP) is 7.99. The molecule has 0 aliphatic carbocycles. The second-order valence-corrected chi connectivity index (χ2v) is 11.0. The van der Waals surface area contributed by atoms with Crippen LogP contribution < -0.4 is 14.8 Å². The van der Waals surface area contributed by atoms with Crippen LogP contribution in [0.2, 0.25) is 0 Å². The summed E-state index contributed by atoms with van der Waals surface area (Å²) in [5, 5.41) is 2.80. The van der Waals surface area contributed by atoms with E-state index in [2.05, 4.69) is 10.3 Å². The Kier molecular flexibility index (Phi) is 9.32. The zero-order valence-electron chi connectivity index (χ0n) is 24.6. The van der Waals surface area contributed by atoms with Gasteiger partial charge in [-0.15, -0.1) is 0 Å². The van der Waals surface area contributed by atoms with Crippen molar-refractivity contribution in [1.82, 2.24) is 15.3 Å². The Labute approximate surface area is 252 Å². The number of aromatic nitrogens is 2. The van der Waals surface area contributed by atoms with Gasteiger partial charge < -0.3 is 19.5 Å². The lowest BCUT2D eigenvalue weighted by Crippen LogP contribution is -2.32. The number of ether oxygens (including phenoxy) is 3. The van der Waals surface area contributed by atoms with Gasteiger partial charge in [0.25, 0.3) is 0 Å². The second-order valence-electron chi connectivity index (χ2n) is 11.0. The van der Waals surface area contributed by atoms with Crippen molar-refractivity contribution < 1.29 is 19.0 Å². The Bertz CT molecular complexity index is 1630. The average Bonchev–Trinajstić information content (AvgIpc) is 3.02. The monoisotopic (exact) mass is 573 g/mol. The fraction of sp³-hybridized carbons (Fsp3) is 0.194. The highest BCUT2D eigenvalue weighted by Gasteiger charge is 2.16. The second kappa shape index (κ2) is 13.7. The number of rotatable bonds is 10. The zero-order valence-corrected chi connectivity index (χ0v) is 24.6. The summed E-state index contributed by atoms with van der Waals surface area (Å²) in [7, 11) is 0. The van der Waals surface area contributed by atoms with E-state index in [1.807, 2.05) is 130 Å². The molecule has 2 aromatic heterocycles. The highest BCUT2D eigenvalue weighted by molar-refractivity contribution is 5.73. The highest BCUT2D eigenvalue weighted by atomic mass is 16.6. The van der Waals surface area contributed by atoms with Crippen molar-refractivity contribution in [2.45, 2.75) is 46.1 Å². The first kappa shape index (κ1) is 29.3. The van der Waals surface area contributed by atoms with Crippen molar-refractivity contribution in [3.05, 3.63) is 132 Å². The Hall–Kier alpha value is -5.17. The van der Waals surface area contributed by atoms with E-state index in [0.29, 0.717) is 31.5 Å². The third-order valence-electron chi connectivity index (χ3n) is 6.44. The molecule has 0 aliphatic heterocycles. The topological polar surface area (TPSA) is 82.6 Å². The molecule has 2 heterocycles. The largest absolute Gasteiger partial charge is 0.473 e. The lowest BCUT2D eigenvalue weighted by molar-refractivity contribution is 0.0523. The molecule has 0 saturated heterocycles. The van der Waals surface area contributed by atoms with Crippen LogP contribution in [0.4, 0.5) is 4.79 Å². The van der Waals surface area contributed by atoms with E-state index in [1.54, 1.807) is 6.20 Å². The molecule has 5 rings (SSSR count). The summed E-state index contributed by atoms with van der Waals surface area (Å²) in [6, 6.07) is 35.7. The lowest BCUT2D eigenvalue weighted by Gasteiger charge is -2.19. The minimum atomic E-state index is -0.537. The van der Waals surface area contributed by atoms with Crippen LogP contribution in [0.5, 0.6) is 11.8 Å². The predicted molar refractivity (Wildman–Crippen MR) is 168 cm³/mol. The average molecular weight is 574 g/mol. The smallest absolute Gasteiger partial charge is 0.407 e. The normalized spacial score (nSPS) is 11.0. The number of pyridine rings is 2. The molecule has 0 spiro atoms. The number of hydrogen-bond acceptors (Lipinski definition) is 6. The quantitative estimate of drug-likeness (QED) is 0.182. The number of carbonyl (C=O) groups is 1. The first-order chi connectivity index (χ1) is 20.8. The molecular weight excluding hydrogens is 538 g/mol. The van der Waals surface area contributed by atoms with Crippen LogP contribution in [0.25, 0.3) is 22.4 Å². The molecule has 0 bridgehead atoms. The molecule has 0 atom stereocenters. The van der Waals surface area contributed by atoms with Gasteiger partial charge in [0.05, 0.1) is 11.3 Å². The van der Waals surface area contributed by atoms with Crippen molar-refractivity contribution in [2.24, 2.45) is 0 Å². The summed E-state index contributed by atoms with van der Waals surface area (Å²) in [5.74, 6) is 0.921. The van der Waals surface area contributed by atoms with Gasteiger partial charge in [-0.2, -0.15) is 4.98 Å². The number of alkyl carbamates (subject to hydrolysis) is 1. The number of carbonyl (C=O) groups excluding carboxylic acids is 1. The van der Waals surface area contributed by atoms with Gasteiger partial charge in [0.2, 0.25) is 11.8 Å². The highest BCUT2D eigenvalue weighted by Crippen LogP contribution is 2.32. The van der Waals surface area contributed by atoms with Crippen LogP contribution in [0.15, 0.2) is 115 Å². The van der Waals surface area contributed by atoms with Crippen molar-refractivity contribution in [1.29, 1.82) is 0 Å². The number of benzene rings is 3. The summed E-state index contributed by atoms with van der Waals surface area (Å²) in [4.78, 5) is 21.4. The Morgan fingerprint density at radius 1 is 0.721 bits per heavy atom. The van der Waals surface area contributed by atoms with Gasteiger partial charge >= 0.3 is 6.09 Å². The summed E-state index contributed by atoms with van der Waals surface area (Å²) in [6.07, 6.45) is 1.34. The first-order valence-corrected chi connectivity index (χ1v) is 14.2. The first-order valence-electron chi connectivity index (χ1n) is 14.2. The van der Waals surface area contributed by atoms with Crippen LogP contribution in [0.3, 0.4) is 0 Å². The number of nitrogens with zero attached hydrogens (tertiary/aromatic N) is 2. The van der Waals surface area contributed by atoms with Crippen molar-refractivity contribution in [3.63, 3.8) is 0 Å². The van der Waals surface area contributed by atoms with Gasteiger partial charge in [0.1, 0.15) is 18.8 Å². The Morgan fingerprint density at radius 3 is 2.02 bits per heavy atom. The lowest BCUT2D eigenvalue weighted by atomic mass is 10.0. The van der Waals surface area contributed by atoms with Gasteiger partial charge in [-0.05, 0) is 66.8 Å². The molecule has 43 heavy (non-hydrogen) atoms. The molecule has 1 amide bonds. The van der Waals surface area contributed by atoms with Crippen LogP contribution in [0, 0.1) is 0 Å². The molecule has 3 aromatic carbocycles. The summed E-state index contributed by atoms with van der Waals surface area (Å²) in [5.41, 5.74) is 6.04. The number of nitrogens with one attached hydrogen (secondary N) is 1.